The monoisotopic (exact) mass is 398 g/mol. The molecular formula is C19H19ClN6O2. The van der Waals surface area contributed by atoms with Gasteiger partial charge in [0.05, 0.1) is 11.3 Å². The van der Waals surface area contributed by atoms with Crippen LogP contribution in [0.25, 0.3) is 5.69 Å². The maximum atomic E-state index is 12.4. The average molecular weight is 399 g/mol. The lowest BCUT2D eigenvalue weighted by Crippen LogP contribution is -2.47. The predicted octanol–water partition coefficient (Wildman–Crippen LogP) is 2.67. The normalized spacial score (nSPS) is 19.2. The van der Waals surface area contributed by atoms with E-state index in [1.807, 2.05) is 4.90 Å². The molecule has 1 saturated heterocycles. The molecule has 0 radical (unpaired) electrons. The van der Waals surface area contributed by atoms with Crippen LogP contribution in [0.15, 0.2) is 30.5 Å². The fourth-order valence-electron chi connectivity index (χ4n) is 3.53. The molecule has 2 aromatic rings. The highest BCUT2D eigenvalue weighted by Crippen LogP contribution is 2.28. The minimum Gasteiger partial charge on any atom is -0.338 e. The standard InChI is InChI=1S/C19H19ClN6O2/c20-13-4-5-16(12(10-13)11-21)26-9-7-17(24-26)23-19(28)22-15-6-8-25(18(15)27)14-2-1-3-14/h4-5,7,9-10,14-15H,1-3,6,8H2,(H2,22,23,24,28). The number of aromatic nitrogens is 2. The fourth-order valence-corrected chi connectivity index (χ4v) is 3.70. The number of nitrogens with one attached hydrogen (secondary N) is 2. The Morgan fingerprint density at radius 3 is 2.82 bits per heavy atom. The van der Waals surface area contributed by atoms with Crippen molar-refractivity contribution in [2.75, 3.05) is 11.9 Å². The van der Waals surface area contributed by atoms with Gasteiger partial charge in [0.25, 0.3) is 0 Å². The number of amides is 3. The van der Waals surface area contributed by atoms with Crippen LogP contribution in [-0.2, 0) is 4.79 Å². The maximum absolute atomic E-state index is 12.4. The molecule has 1 aromatic carbocycles. The number of urea groups is 1. The van der Waals surface area contributed by atoms with Gasteiger partial charge in [0.1, 0.15) is 12.1 Å². The molecule has 8 nitrogen and oxygen atoms in total. The van der Waals surface area contributed by atoms with Crippen LogP contribution in [0.5, 0.6) is 0 Å². The Balaban J connectivity index is 1.38. The quantitative estimate of drug-likeness (QED) is 0.826. The Labute approximate surface area is 167 Å². The van der Waals surface area contributed by atoms with E-state index in [2.05, 4.69) is 21.8 Å². The van der Waals surface area contributed by atoms with E-state index in [0.29, 0.717) is 41.1 Å². The van der Waals surface area contributed by atoms with Crippen LogP contribution in [-0.4, -0.2) is 45.2 Å². The van der Waals surface area contributed by atoms with Crippen molar-refractivity contribution in [3.63, 3.8) is 0 Å². The summed E-state index contributed by atoms with van der Waals surface area (Å²) in [4.78, 5) is 26.6. The summed E-state index contributed by atoms with van der Waals surface area (Å²) in [5, 5.41) is 19.4. The van der Waals surface area contributed by atoms with Gasteiger partial charge in [0, 0.05) is 29.9 Å². The van der Waals surface area contributed by atoms with Crippen LogP contribution in [0.2, 0.25) is 5.02 Å². The van der Waals surface area contributed by atoms with Crippen molar-refractivity contribution in [2.45, 2.75) is 37.8 Å². The van der Waals surface area contributed by atoms with E-state index < -0.39 is 12.1 Å². The van der Waals surface area contributed by atoms with Crippen molar-refractivity contribution in [1.29, 1.82) is 5.26 Å². The lowest BCUT2D eigenvalue weighted by Gasteiger charge is -2.34. The van der Waals surface area contributed by atoms with Gasteiger partial charge in [0.15, 0.2) is 5.82 Å². The van der Waals surface area contributed by atoms with E-state index in [1.165, 1.54) is 4.68 Å². The highest BCUT2D eigenvalue weighted by Gasteiger charge is 2.38. The zero-order valence-electron chi connectivity index (χ0n) is 15.1. The zero-order valence-corrected chi connectivity index (χ0v) is 15.8. The minimum absolute atomic E-state index is 0.00907. The second kappa shape index (κ2) is 7.52. The summed E-state index contributed by atoms with van der Waals surface area (Å²) in [7, 11) is 0. The Bertz CT molecular complexity index is 962. The second-order valence-corrected chi connectivity index (χ2v) is 7.41. The number of nitrogens with zero attached hydrogens (tertiary/aromatic N) is 4. The van der Waals surface area contributed by atoms with Crippen molar-refractivity contribution in [3.05, 3.63) is 41.0 Å². The lowest BCUT2D eigenvalue weighted by atomic mass is 9.92. The summed E-state index contributed by atoms with van der Waals surface area (Å²) in [5.74, 6) is 0.308. The van der Waals surface area contributed by atoms with Crippen LogP contribution in [0, 0.1) is 11.3 Å². The molecule has 3 amide bonds. The second-order valence-electron chi connectivity index (χ2n) is 6.97. The summed E-state index contributed by atoms with van der Waals surface area (Å²) in [6, 6.07) is 7.96. The molecule has 9 heteroatoms. The van der Waals surface area contributed by atoms with Crippen LogP contribution in [0.1, 0.15) is 31.2 Å². The van der Waals surface area contributed by atoms with Crippen molar-refractivity contribution >= 4 is 29.4 Å². The van der Waals surface area contributed by atoms with Crippen molar-refractivity contribution in [2.24, 2.45) is 0 Å². The first-order chi connectivity index (χ1) is 13.5. The number of nitriles is 1. The molecule has 2 fully saturated rings. The van der Waals surface area contributed by atoms with E-state index in [4.69, 9.17) is 11.6 Å². The van der Waals surface area contributed by atoms with Gasteiger partial charge in [-0.15, -0.1) is 5.10 Å². The molecule has 2 heterocycles. The Kier molecular flexibility index (Phi) is 4.92. The lowest BCUT2D eigenvalue weighted by molar-refractivity contribution is -0.132. The molecule has 1 aliphatic carbocycles. The third-order valence-electron chi connectivity index (χ3n) is 5.22. The Morgan fingerprint density at radius 2 is 2.11 bits per heavy atom. The summed E-state index contributed by atoms with van der Waals surface area (Å²) in [5.41, 5.74) is 0.932. The highest BCUT2D eigenvalue weighted by atomic mass is 35.5. The topological polar surface area (TPSA) is 103 Å². The number of hydrogen-bond donors (Lipinski definition) is 2. The molecule has 1 aliphatic heterocycles. The number of carbonyl (C=O) groups excluding carboxylic acids is 2. The van der Waals surface area contributed by atoms with E-state index in [9.17, 15) is 14.9 Å². The molecule has 0 spiro atoms. The third-order valence-corrected chi connectivity index (χ3v) is 5.45. The number of hydrogen-bond acceptors (Lipinski definition) is 4. The summed E-state index contributed by atoms with van der Waals surface area (Å²) >= 11 is 5.92. The molecule has 28 heavy (non-hydrogen) atoms. The van der Waals surface area contributed by atoms with Crippen LogP contribution in [0.3, 0.4) is 0 Å². The number of rotatable bonds is 4. The maximum Gasteiger partial charge on any atom is 0.321 e. The third kappa shape index (κ3) is 3.53. The van der Waals surface area contributed by atoms with Crippen molar-refractivity contribution in [1.82, 2.24) is 20.0 Å². The van der Waals surface area contributed by atoms with E-state index in [0.717, 1.165) is 19.3 Å². The largest absolute Gasteiger partial charge is 0.338 e. The molecule has 144 valence electrons. The van der Waals surface area contributed by atoms with E-state index in [1.54, 1.807) is 30.5 Å². The smallest absolute Gasteiger partial charge is 0.321 e. The number of halogens is 1. The SMILES string of the molecule is N#Cc1cc(Cl)ccc1-n1ccc(NC(=O)NC2CCN(C3CCC3)C2=O)n1. The summed E-state index contributed by atoms with van der Waals surface area (Å²) in [6.07, 6.45) is 5.53. The van der Waals surface area contributed by atoms with Gasteiger partial charge in [-0.25, -0.2) is 9.48 Å². The summed E-state index contributed by atoms with van der Waals surface area (Å²) < 4.78 is 1.49. The average Bonchev–Trinajstić information content (AvgIpc) is 3.22. The van der Waals surface area contributed by atoms with Gasteiger partial charge in [-0.05, 0) is 43.9 Å². The molecule has 1 atom stereocenters. The molecule has 1 saturated carbocycles. The number of anilines is 1. The Morgan fingerprint density at radius 1 is 1.29 bits per heavy atom. The molecule has 2 N–H and O–H groups in total. The van der Waals surface area contributed by atoms with Crippen molar-refractivity contribution in [3.8, 4) is 11.8 Å². The van der Waals surface area contributed by atoms with Gasteiger partial charge in [-0.2, -0.15) is 5.26 Å². The highest BCUT2D eigenvalue weighted by molar-refractivity contribution is 6.30. The van der Waals surface area contributed by atoms with Gasteiger partial charge in [-0.1, -0.05) is 11.6 Å². The van der Waals surface area contributed by atoms with Crippen LogP contribution < -0.4 is 10.6 Å². The van der Waals surface area contributed by atoms with E-state index in [-0.39, 0.29) is 5.91 Å². The predicted molar refractivity (Wildman–Crippen MR) is 103 cm³/mol. The number of carbonyl (C=O) groups is 2. The van der Waals surface area contributed by atoms with Gasteiger partial charge in [-0.3, -0.25) is 10.1 Å². The van der Waals surface area contributed by atoms with Gasteiger partial charge < -0.3 is 10.2 Å². The Hall–Kier alpha value is -3.05. The number of benzene rings is 1. The van der Waals surface area contributed by atoms with Crippen LogP contribution in [0.4, 0.5) is 10.6 Å². The van der Waals surface area contributed by atoms with Gasteiger partial charge >= 0.3 is 6.03 Å². The van der Waals surface area contributed by atoms with Gasteiger partial charge in [0.2, 0.25) is 5.91 Å². The van der Waals surface area contributed by atoms with E-state index >= 15 is 0 Å². The molecule has 2 aliphatic rings. The molecule has 4 rings (SSSR count). The first kappa shape index (κ1) is 18.3. The zero-order chi connectivity index (χ0) is 19.7. The summed E-state index contributed by atoms with van der Waals surface area (Å²) in [6.45, 7) is 0.691. The van der Waals surface area contributed by atoms with Crippen molar-refractivity contribution < 1.29 is 9.59 Å². The minimum atomic E-state index is -0.496. The fraction of sp³-hybridized carbons (Fsp3) is 0.368. The van der Waals surface area contributed by atoms with Crippen LogP contribution >= 0.6 is 11.6 Å². The molecular weight excluding hydrogens is 380 g/mol. The molecule has 1 aromatic heterocycles. The molecule has 0 bridgehead atoms. The first-order valence-corrected chi connectivity index (χ1v) is 9.56. The number of likely N-dealkylation sites (tertiary alicyclic amines) is 1. The molecule has 1 unspecified atom stereocenters. The first-order valence-electron chi connectivity index (χ1n) is 9.19.